The van der Waals surface area contributed by atoms with Crippen LogP contribution in [-0.2, 0) is 9.63 Å². The maximum absolute atomic E-state index is 10.8. The van der Waals surface area contributed by atoms with Crippen LogP contribution < -0.4 is 5.32 Å². The molecule has 4 aliphatic carbocycles. The zero-order chi connectivity index (χ0) is 20.5. The molecule has 0 aromatic carbocycles. The minimum Gasteiger partial charge on any atom is -0.398 e. The van der Waals surface area contributed by atoms with Crippen molar-refractivity contribution in [1.82, 2.24) is 5.32 Å². The summed E-state index contributed by atoms with van der Waals surface area (Å²) in [6.45, 7) is 5.31. The fourth-order valence-corrected chi connectivity index (χ4v) is 8.72. The SMILES string of the molecule is CO/N=C(/CCCC1CCC2C3CCC4CCCCC4(C)C3CCC12C)NC=O. The molecule has 0 heterocycles. The van der Waals surface area contributed by atoms with Crippen LogP contribution in [0.1, 0.15) is 97.3 Å². The Balaban J connectivity index is 1.40. The van der Waals surface area contributed by atoms with Crippen molar-refractivity contribution in [3.8, 4) is 0 Å². The predicted octanol–water partition coefficient (Wildman–Crippen LogP) is 5.91. The highest BCUT2D eigenvalue weighted by Crippen LogP contribution is 2.67. The Morgan fingerprint density at radius 3 is 2.66 bits per heavy atom. The third-order valence-electron chi connectivity index (χ3n) is 10.2. The van der Waals surface area contributed by atoms with Gasteiger partial charge in [0.05, 0.1) is 0 Å². The summed E-state index contributed by atoms with van der Waals surface area (Å²) >= 11 is 0. The lowest BCUT2D eigenvalue weighted by atomic mass is 9.45. The number of carbonyl (C=O) groups is 1. The van der Waals surface area contributed by atoms with Gasteiger partial charge in [-0.3, -0.25) is 4.79 Å². The maximum Gasteiger partial charge on any atom is 0.212 e. The highest BCUT2D eigenvalue weighted by Gasteiger charge is 2.59. The van der Waals surface area contributed by atoms with Crippen LogP contribution in [-0.4, -0.2) is 19.4 Å². The van der Waals surface area contributed by atoms with E-state index in [0.717, 1.165) is 42.4 Å². The molecule has 4 nitrogen and oxygen atoms in total. The summed E-state index contributed by atoms with van der Waals surface area (Å²) in [4.78, 5) is 15.6. The largest absolute Gasteiger partial charge is 0.398 e. The molecule has 4 aliphatic rings. The molecule has 4 fully saturated rings. The topological polar surface area (TPSA) is 50.7 Å². The van der Waals surface area contributed by atoms with Gasteiger partial charge in [0.15, 0.2) is 0 Å². The van der Waals surface area contributed by atoms with Crippen LogP contribution in [0.25, 0.3) is 0 Å². The first-order valence-corrected chi connectivity index (χ1v) is 12.3. The Bertz CT molecular complexity index is 620. The molecular formula is C25H42N2O2. The van der Waals surface area contributed by atoms with Gasteiger partial charge in [-0.05, 0) is 105 Å². The fourth-order valence-electron chi connectivity index (χ4n) is 8.72. The molecule has 0 aromatic rings. The maximum atomic E-state index is 10.8. The number of amides is 1. The van der Waals surface area contributed by atoms with E-state index in [4.69, 9.17) is 4.84 Å². The van der Waals surface area contributed by atoms with E-state index in [1.54, 1.807) is 0 Å². The minimum absolute atomic E-state index is 0.537. The van der Waals surface area contributed by atoms with Crippen LogP contribution >= 0.6 is 0 Å². The quantitative estimate of drug-likeness (QED) is 0.260. The summed E-state index contributed by atoms with van der Waals surface area (Å²) in [7, 11) is 1.54. The van der Waals surface area contributed by atoms with Crippen molar-refractivity contribution in [2.45, 2.75) is 97.3 Å². The Hall–Kier alpha value is -1.06. The van der Waals surface area contributed by atoms with Gasteiger partial charge in [-0.2, -0.15) is 0 Å². The molecule has 0 saturated heterocycles. The monoisotopic (exact) mass is 402 g/mol. The molecule has 7 atom stereocenters. The van der Waals surface area contributed by atoms with Gasteiger partial charge in [0, 0.05) is 6.42 Å². The summed E-state index contributed by atoms with van der Waals surface area (Å²) in [5.74, 6) is 5.45. The number of hydrogen-bond donors (Lipinski definition) is 1. The van der Waals surface area contributed by atoms with Crippen molar-refractivity contribution in [1.29, 1.82) is 0 Å². The van der Waals surface area contributed by atoms with Crippen molar-refractivity contribution in [2.24, 2.45) is 45.6 Å². The first kappa shape index (κ1) is 21.2. The minimum atomic E-state index is 0.537. The second-order valence-corrected chi connectivity index (χ2v) is 11.1. The lowest BCUT2D eigenvalue weighted by molar-refractivity contribution is -0.111. The molecule has 1 N–H and O–H groups in total. The molecule has 164 valence electrons. The third kappa shape index (κ3) is 3.74. The average Bonchev–Trinajstić information content (AvgIpc) is 3.04. The van der Waals surface area contributed by atoms with Crippen LogP contribution in [0.3, 0.4) is 0 Å². The van der Waals surface area contributed by atoms with E-state index in [9.17, 15) is 4.79 Å². The lowest BCUT2D eigenvalue weighted by Gasteiger charge is -2.60. The van der Waals surface area contributed by atoms with E-state index < -0.39 is 0 Å². The summed E-state index contributed by atoms with van der Waals surface area (Å²) in [6, 6.07) is 0. The van der Waals surface area contributed by atoms with Crippen LogP contribution in [0.5, 0.6) is 0 Å². The summed E-state index contributed by atoms with van der Waals surface area (Å²) in [6.07, 6.45) is 18.6. The summed E-state index contributed by atoms with van der Waals surface area (Å²) in [5, 5.41) is 6.64. The number of fused-ring (bicyclic) bond motifs is 5. The summed E-state index contributed by atoms with van der Waals surface area (Å²) in [5.41, 5.74) is 1.18. The van der Waals surface area contributed by atoms with Crippen LogP contribution in [0.2, 0.25) is 0 Å². The molecular weight excluding hydrogens is 360 g/mol. The third-order valence-corrected chi connectivity index (χ3v) is 10.2. The van der Waals surface area contributed by atoms with Crippen molar-refractivity contribution in [3.05, 3.63) is 0 Å². The number of carbonyl (C=O) groups excluding carboxylic acids is 1. The lowest BCUT2D eigenvalue weighted by Crippen LogP contribution is -2.52. The Kier molecular flexibility index (Phi) is 6.27. The zero-order valence-electron chi connectivity index (χ0n) is 18.9. The number of rotatable bonds is 6. The van der Waals surface area contributed by atoms with Gasteiger partial charge < -0.3 is 10.2 Å². The standard InChI is InChI=1S/C25H42N2O2/c1-24-15-5-4-7-18(24)10-12-20-21-13-11-19(25(21,2)16-14-22(20)24)8-6-9-23(26-17-28)27-29-3/h17-22H,4-16H2,1-3H3,(H,26,27,28). The molecule has 4 heteroatoms. The number of amidine groups is 1. The Morgan fingerprint density at radius 1 is 1.03 bits per heavy atom. The van der Waals surface area contributed by atoms with Crippen molar-refractivity contribution >= 4 is 12.2 Å². The van der Waals surface area contributed by atoms with Gasteiger partial charge in [-0.1, -0.05) is 31.8 Å². The molecule has 0 aliphatic heterocycles. The number of nitrogens with one attached hydrogen (secondary N) is 1. The number of hydrogen-bond acceptors (Lipinski definition) is 3. The van der Waals surface area contributed by atoms with Crippen molar-refractivity contribution in [3.63, 3.8) is 0 Å². The summed E-state index contributed by atoms with van der Waals surface area (Å²) < 4.78 is 0. The second kappa shape index (κ2) is 8.59. The molecule has 1 amide bonds. The van der Waals surface area contributed by atoms with E-state index in [-0.39, 0.29) is 0 Å². The van der Waals surface area contributed by atoms with Crippen LogP contribution in [0.15, 0.2) is 5.16 Å². The van der Waals surface area contributed by atoms with Gasteiger partial charge >= 0.3 is 0 Å². The fraction of sp³-hybridized carbons (Fsp3) is 0.920. The number of nitrogens with zero attached hydrogens (tertiary/aromatic N) is 1. The molecule has 4 saturated carbocycles. The van der Waals surface area contributed by atoms with Gasteiger partial charge in [0.2, 0.25) is 6.41 Å². The molecule has 0 spiro atoms. The van der Waals surface area contributed by atoms with Gasteiger partial charge in [0.1, 0.15) is 12.9 Å². The molecule has 0 bridgehead atoms. The highest BCUT2D eigenvalue weighted by atomic mass is 16.6. The van der Waals surface area contributed by atoms with Crippen LogP contribution in [0.4, 0.5) is 0 Å². The highest BCUT2D eigenvalue weighted by molar-refractivity contribution is 5.89. The van der Waals surface area contributed by atoms with E-state index >= 15 is 0 Å². The van der Waals surface area contributed by atoms with Crippen molar-refractivity contribution < 1.29 is 9.63 Å². The first-order valence-electron chi connectivity index (χ1n) is 12.3. The van der Waals surface area contributed by atoms with E-state index in [1.165, 1.54) is 77.7 Å². The van der Waals surface area contributed by atoms with E-state index in [1.807, 2.05) is 0 Å². The predicted molar refractivity (Wildman–Crippen MR) is 117 cm³/mol. The van der Waals surface area contributed by atoms with Crippen molar-refractivity contribution in [2.75, 3.05) is 7.11 Å². The van der Waals surface area contributed by atoms with Crippen LogP contribution in [0, 0.1) is 40.4 Å². The van der Waals surface area contributed by atoms with Gasteiger partial charge in [0.25, 0.3) is 0 Å². The van der Waals surface area contributed by atoms with Gasteiger partial charge in [-0.25, -0.2) is 0 Å². The number of oxime groups is 1. The van der Waals surface area contributed by atoms with E-state index in [2.05, 4.69) is 24.3 Å². The second-order valence-electron chi connectivity index (χ2n) is 11.1. The normalized spacial score (nSPS) is 44.4. The molecule has 7 unspecified atom stereocenters. The van der Waals surface area contributed by atoms with E-state index in [0.29, 0.717) is 23.1 Å². The first-order chi connectivity index (χ1) is 14.0. The Morgan fingerprint density at radius 2 is 1.86 bits per heavy atom. The Labute approximate surface area is 177 Å². The smallest absolute Gasteiger partial charge is 0.212 e. The van der Waals surface area contributed by atoms with Gasteiger partial charge in [-0.15, -0.1) is 0 Å². The molecule has 0 radical (unpaired) electrons. The zero-order valence-corrected chi connectivity index (χ0v) is 18.9. The molecule has 29 heavy (non-hydrogen) atoms. The average molecular weight is 403 g/mol. The molecule has 0 aromatic heterocycles. The molecule has 4 rings (SSSR count).